The summed E-state index contributed by atoms with van der Waals surface area (Å²) >= 11 is 0. The molecule has 6 heteroatoms. The second-order valence-electron chi connectivity index (χ2n) is 4.01. The van der Waals surface area contributed by atoms with Crippen LogP contribution < -0.4 is 5.56 Å². The van der Waals surface area contributed by atoms with E-state index in [4.69, 9.17) is 9.47 Å². The number of halogens is 1. The lowest BCUT2D eigenvalue weighted by Crippen LogP contribution is -2.27. The highest BCUT2D eigenvalue weighted by molar-refractivity contribution is 5.74. The van der Waals surface area contributed by atoms with E-state index < -0.39 is 12.1 Å². The second-order valence-corrected chi connectivity index (χ2v) is 4.01. The van der Waals surface area contributed by atoms with Crippen LogP contribution in [0.25, 0.3) is 11.0 Å². The van der Waals surface area contributed by atoms with Crippen LogP contribution in [0.3, 0.4) is 0 Å². The molecule has 1 aliphatic heterocycles. The first-order valence-corrected chi connectivity index (χ1v) is 5.62. The van der Waals surface area contributed by atoms with E-state index >= 15 is 0 Å². The number of hydrogen-bond donors (Lipinski definition) is 0. The molecule has 0 radical (unpaired) electrons. The van der Waals surface area contributed by atoms with Crippen molar-refractivity contribution >= 4 is 11.0 Å². The number of pyridine rings is 2. The van der Waals surface area contributed by atoms with Gasteiger partial charge in [0.25, 0.3) is 5.56 Å². The van der Waals surface area contributed by atoms with Gasteiger partial charge >= 0.3 is 0 Å². The molecule has 5 nitrogen and oxygen atoms in total. The normalized spacial score (nSPS) is 16.5. The van der Waals surface area contributed by atoms with Crippen LogP contribution in [-0.4, -0.2) is 29.1 Å². The Morgan fingerprint density at radius 3 is 2.94 bits per heavy atom. The molecule has 0 bridgehead atoms. The molecular formula is C12H11FN2O3. The molecule has 18 heavy (non-hydrogen) atoms. The Labute approximate surface area is 102 Å². The van der Waals surface area contributed by atoms with Crippen LogP contribution in [0.1, 0.15) is 0 Å². The summed E-state index contributed by atoms with van der Waals surface area (Å²) in [6.07, 6.45) is 0.663. The quantitative estimate of drug-likeness (QED) is 0.795. The first-order chi connectivity index (χ1) is 8.74. The third kappa shape index (κ3) is 2.00. The van der Waals surface area contributed by atoms with Gasteiger partial charge in [-0.2, -0.15) is 0 Å². The number of ether oxygens (including phenoxy) is 2. The van der Waals surface area contributed by atoms with Crippen LogP contribution in [0.15, 0.2) is 29.2 Å². The fraction of sp³-hybridized carbons (Fsp3) is 0.333. The van der Waals surface area contributed by atoms with E-state index in [-0.39, 0.29) is 12.1 Å². The van der Waals surface area contributed by atoms with Gasteiger partial charge in [-0.25, -0.2) is 4.39 Å². The van der Waals surface area contributed by atoms with Gasteiger partial charge in [-0.3, -0.25) is 9.78 Å². The van der Waals surface area contributed by atoms with E-state index in [0.717, 1.165) is 6.20 Å². The SMILES string of the molecule is O=c1ccc2ncc(F)cc2n1CC1OCCO1. The van der Waals surface area contributed by atoms with E-state index in [1.807, 2.05) is 0 Å². The van der Waals surface area contributed by atoms with Crippen molar-refractivity contribution in [1.29, 1.82) is 0 Å². The number of aromatic nitrogens is 2. The molecule has 2 aromatic heterocycles. The summed E-state index contributed by atoms with van der Waals surface area (Å²) < 4.78 is 25.2. The highest BCUT2D eigenvalue weighted by atomic mass is 19.1. The van der Waals surface area contributed by atoms with Gasteiger partial charge in [0.15, 0.2) is 6.29 Å². The van der Waals surface area contributed by atoms with Crippen molar-refractivity contribution in [3.63, 3.8) is 0 Å². The summed E-state index contributed by atoms with van der Waals surface area (Å²) in [5, 5.41) is 0. The standard InChI is InChI=1S/C12H11FN2O3/c13-8-5-10-9(14-6-8)1-2-11(16)15(10)7-12-17-3-4-18-12/h1-2,5-6,12H,3-4,7H2. The zero-order valence-corrected chi connectivity index (χ0v) is 9.51. The highest BCUT2D eigenvalue weighted by Gasteiger charge is 2.18. The van der Waals surface area contributed by atoms with Crippen LogP contribution in [0.2, 0.25) is 0 Å². The minimum absolute atomic E-state index is 0.228. The van der Waals surface area contributed by atoms with Crippen LogP contribution in [0.4, 0.5) is 4.39 Å². The van der Waals surface area contributed by atoms with Crippen molar-refractivity contribution in [2.75, 3.05) is 13.2 Å². The molecular weight excluding hydrogens is 239 g/mol. The summed E-state index contributed by atoms with van der Waals surface area (Å²) in [5.41, 5.74) is 0.782. The third-order valence-electron chi connectivity index (χ3n) is 2.83. The third-order valence-corrected chi connectivity index (χ3v) is 2.83. The smallest absolute Gasteiger partial charge is 0.251 e. The maximum atomic E-state index is 13.2. The molecule has 0 aromatic carbocycles. The lowest BCUT2D eigenvalue weighted by molar-refractivity contribution is -0.0522. The average Bonchev–Trinajstić information content (AvgIpc) is 2.86. The number of nitrogens with zero attached hydrogens (tertiary/aromatic N) is 2. The molecule has 3 heterocycles. The lowest BCUT2D eigenvalue weighted by Gasteiger charge is -2.13. The average molecular weight is 250 g/mol. The molecule has 0 aliphatic carbocycles. The number of rotatable bonds is 2. The van der Waals surface area contributed by atoms with E-state index in [1.54, 1.807) is 6.07 Å². The van der Waals surface area contributed by atoms with Crippen molar-refractivity contribution in [2.24, 2.45) is 0 Å². The Hall–Kier alpha value is -1.79. The Morgan fingerprint density at radius 2 is 2.17 bits per heavy atom. The molecule has 3 rings (SSSR count). The lowest BCUT2D eigenvalue weighted by atomic mass is 10.3. The molecule has 94 valence electrons. The maximum Gasteiger partial charge on any atom is 0.251 e. The zero-order chi connectivity index (χ0) is 12.5. The molecule has 0 spiro atoms. The van der Waals surface area contributed by atoms with Crippen LogP contribution in [0.5, 0.6) is 0 Å². The Bertz CT molecular complexity index is 635. The first-order valence-electron chi connectivity index (χ1n) is 5.62. The van der Waals surface area contributed by atoms with Gasteiger partial charge in [0.05, 0.1) is 37.0 Å². The number of fused-ring (bicyclic) bond motifs is 1. The highest BCUT2D eigenvalue weighted by Crippen LogP contribution is 2.13. The van der Waals surface area contributed by atoms with Crippen LogP contribution >= 0.6 is 0 Å². The molecule has 0 saturated carbocycles. The van der Waals surface area contributed by atoms with Crippen molar-refractivity contribution in [1.82, 2.24) is 9.55 Å². The fourth-order valence-electron chi connectivity index (χ4n) is 1.99. The molecule has 0 N–H and O–H groups in total. The van der Waals surface area contributed by atoms with E-state index in [1.165, 1.54) is 16.7 Å². The van der Waals surface area contributed by atoms with Crippen LogP contribution in [-0.2, 0) is 16.0 Å². The van der Waals surface area contributed by atoms with Crippen molar-refractivity contribution < 1.29 is 13.9 Å². The van der Waals surface area contributed by atoms with Gasteiger partial charge in [0.2, 0.25) is 0 Å². The Morgan fingerprint density at radius 1 is 1.39 bits per heavy atom. The van der Waals surface area contributed by atoms with Gasteiger partial charge in [-0.1, -0.05) is 0 Å². The fourth-order valence-corrected chi connectivity index (χ4v) is 1.99. The first kappa shape index (κ1) is 11.3. The monoisotopic (exact) mass is 250 g/mol. The van der Waals surface area contributed by atoms with E-state index in [2.05, 4.69) is 4.98 Å². The van der Waals surface area contributed by atoms with Crippen molar-refractivity contribution in [3.05, 3.63) is 40.6 Å². The van der Waals surface area contributed by atoms with E-state index in [0.29, 0.717) is 24.2 Å². The Kier molecular flexibility index (Phi) is 2.81. The van der Waals surface area contributed by atoms with Gasteiger partial charge < -0.3 is 14.0 Å². The largest absolute Gasteiger partial charge is 0.348 e. The molecule has 0 amide bonds. The number of hydrogen-bond acceptors (Lipinski definition) is 4. The minimum atomic E-state index is -0.477. The molecule has 1 fully saturated rings. The molecule has 0 atom stereocenters. The van der Waals surface area contributed by atoms with E-state index in [9.17, 15) is 9.18 Å². The Balaban J connectivity index is 2.10. The second kappa shape index (κ2) is 4.47. The summed E-state index contributed by atoms with van der Waals surface area (Å²) in [6.45, 7) is 1.26. The van der Waals surface area contributed by atoms with Gasteiger partial charge in [-0.05, 0) is 6.07 Å². The molecule has 0 unspecified atom stereocenters. The van der Waals surface area contributed by atoms with Crippen molar-refractivity contribution in [2.45, 2.75) is 12.8 Å². The molecule has 1 saturated heterocycles. The summed E-state index contributed by atoms with van der Waals surface area (Å²) in [5.74, 6) is -0.477. The summed E-state index contributed by atoms with van der Waals surface area (Å²) in [7, 11) is 0. The van der Waals surface area contributed by atoms with Gasteiger partial charge in [0, 0.05) is 12.1 Å². The van der Waals surface area contributed by atoms with Gasteiger partial charge in [-0.15, -0.1) is 0 Å². The minimum Gasteiger partial charge on any atom is -0.348 e. The van der Waals surface area contributed by atoms with Crippen molar-refractivity contribution in [3.8, 4) is 0 Å². The zero-order valence-electron chi connectivity index (χ0n) is 9.51. The summed E-state index contributed by atoms with van der Waals surface area (Å²) in [6, 6.07) is 4.27. The molecule has 2 aromatic rings. The molecule has 1 aliphatic rings. The maximum absolute atomic E-state index is 13.2. The topological polar surface area (TPSA) is 53.4 Å². The summed E-state index contributed by atoms with van der Waals surface area (Å²) in [4.78, 5) is 15.8. The van der Waals surface area contributed by atoms with Crippen LogP contribution in [0, 0.1) is 5.82 Å². The van der Waals surface area contributed by atoms with Gasteiger partial charge in [0.1, 0.15) is 5.82 Å². The predicted molar refractivity (Wildman–Crippen MR) is 61.7 cm³/mol. The predicted octanol–water partition coefficient (Wildman–Crippen LogP) is 0.908.